The Morgan fingerprint density at radius 2 is 1.77 bits per heavy atom. The Morgan fingerprint density at radius 3 is 2.55 bits per heavy atom. The van der Waals surface area contributed by atoms with Crippen LogP contribution in [-0.4, -0.2) is 15.0 Å². The van der Waals surface area contributed by atoms with Gasteiger partial charge in [0.15, 0.2) is 0 Å². The van der Waals surface area contributed by atoms with Gasteiger partial charge in [0.1, 0.15) is 5.82 Å². The second-order valence-corrected chi connectivity index (χ2v) is 4.88. The number of nitrogens with one attached hydrogen (secondary N) is 2. The third-order valence-electron chi connectivity index (χ3n) is 3.06. The fraction of sp³-hybridized carbons (Fsp3) is 0.118. The van der Waals surface area contributed by atoms with E-state index in [4.69, 9.17) is 0 Å². The lowest BCUT2D eigenvalue weighted by molar-refractivity contribution is 1.01. The number of pyridine rings is 1. The average Bonchev–Trinajstić information content (AvgIpc) is 2.54. The summed E-state index contributed by atoms with van der Waals surface area (Å²) in [6.07, 6.45) is 1.78. The van der Waals surface area contributed by atoms with Crippen LogP contribution in [0.25, 0.3) is 0 Å². The maximum Gasteiger partial charge on any atom is 0.229 e. The second kappa shape index (κ2) is 6.67. The van der Waals surface area contributed by atoms with E-state index in [9.17, 15) is 0 Å². The molecule has 3 aromatic rings. The standard InChI is InChI=1S/C17H17N5/c1-13-11-16(19-12-15-9-5-6-10-18-15)22-17(20-13)21-14-7-3-2-4-8-14/h2-11H,12H2,1H3,(H2,19,20,21,22). The van der Waals surface area contributed by atoms with Crippen molar-refractivity contribution >= 4 is 17.5 Å². The molecule has 110 valence electrons. The van der Waals surface area contributed by atoms with Crippen LogP contribution in [-0.2, 0) is 6.54 Å². The summed E-state index contributed by atoms with van der Waals surface area (Å²) in [5.74, 6) is 1.35. The summed E-state index contributed by atoms with van der Waals surface area (Å²) in [7, 11) is 0. The summed E-state index contributed by atoms with van der Waals surface area (Å²) in [6.45, 7) is 2.58. The molecule has 0 unspecified atom stereocenters. The van der Waals surface area contributed by atoms with Crippen LogP contribution in [0.1, 0.15) is 11.4 Å². The van der Waals surface area contributed by atoms with Gasteiger partial charge in [-0.3, -0.25) is 4.98 Å². The second-order valence-electron chi connectivity index (χ2n) is 4.88. The smallest absolute Gasteiger partial charge is 0.229 e. The Kier molecular flexibility index (Phi) is 4.25. The van der Waals surface area contributed by atoms with Gasteiger partial charge < -0.3 is 10.6 Å². The number of hydrogen-bond acceptors (Lipinski definition) is 5. The predicted octanol–water partition coefficient (Wildman–Crippen LogP) is 3.54. The minimum absolute atomic E-state index is 0.578. The molecule has 0 atom stereocenters. The van der Waals surface area contributed by atoms with Gasteiger partial charge in [0.25, 0.3) is 0 Å². The van der Waals surface area contributed by atoms with Crippen molar-refractivity contribution in [2.24, 2.45) is 0 Å². The van der Waals surface area contributed by atoms with Gasteiger partial charge in [-0.05, 0) is 31.2 Å². The highest BCUT2D eigenvalue weighted by Gasteiger charge is 2.03. The Morgan fingerprint density at radius 1 is 0.955 bits per heavy atom. The van der Waals surface area contributed by atoms with E-state index in [1.165, 1.54) is 0 Å². The summed E-state index contributed by atoms with van der Waals surface area (Å²) in [4.78, 5) is 13.2. The molecule has 1 aromatic carbocycles. The molecule has 0 saturated carbocycles. The topological polar surface area (TPSA) is 62.7 Å². The van der Waals surface area contributed by atoms with E-state index in [1.54, 1.807) is 6.20 Å². The number of para-hydroxylation sites is 1. The van der Waals surface area contributed by atoms with Gasteiger partial charge in [0.05, 0.1) is 12.2 Å². The van der Waals surface area contributed by atoms with Crippen LogP contribution in [0.3, 0.4) is 0 Å². The Bertz CT molecular complexity index is 729. The SMILES string of the molecule is Cc1cc(NCc2ccccn2)nc(Nc2ccccc2)n1. The predicted molar refractivity (Wildman–Crippen MR) is 88.1 cm³/mol. The Balaban J connectivity index is 1.72. The number of rotatable bonds is 5. The molecule has 0 bridgehead atoms. The van der Waals surface area contributed by atoms with Crippen LogP contribution in [0.5, 0.6) is 0 Å². The summed E-state index contributed by atoms with van der Waals surface area (Å²) >= 11 is 0. The van der Waals surface area contributed by atoms with E-state index in [-0.39, 0.29) is 0 Å². The van der Waals surface area contributed by atoms with Crippen LogP contribution in [0, 0.1) is 6.92 Å². The first-order valence-corrected chi connectivity index (χ1v) is 7.11. The molecule has 2 heterocycles. The maximum atomic E-state index is 4.48. The Labute approximate surface area is 129 Å². The van der Waals surface area contributed by atoms with E-state index in [1.807, 2.05) is 61.5 Å². The van der Waals surface area contributed by atoms with Crippen molar-refractivity contribution in [1.82, 2.24) is 15.0 Å². The third kappa shape index (κ3) is 3.79. The minimum atomic E-state index is 0.578. The zero-order valence-electron chi connectivity index (χ0n) is 12.3. The van der Waals surface area contributed by atoms with Crippen LogP contribution in [0.2, 0.25) is 0 Å². The summed E-state index contributed by atoms with van der Waals surface area (Å²) in [5.41, 5.74) is 2.83. The highest BCUT2D eigenvalue weighted by Crippen LogP contribution is 2.15. The van der Waals surface area contributed by atoms with Crippen LogP contribution < -0.4 is 10.6 Å². The van der Waals surface area contributed by atoms with Crippen LogP contribution >= 0.6 is 0 Å². The molecule has 5 nitrogen and oxygen atoms in total. The molecule has 0 aliphatic rings. The van der Waals surface area contributed by atoms with Crippen molar-refractivity contribution in [3.05, 3.63) is 72.2 Å². The summed E-state index contributed by atoms with van der Waals surface area (Å²) in [5, 5.41) is 6.48. The first kappa shape index (κ1) is 14.0. The largest absolute Gasteiger partial charge is 0.364 e. The van der Waals surface area contributed by atoms with E-state index in [0.717, 1.165) is 22.9 Å². The lowest BCUT2D eigenvalue weighted by atomic mass is 10.3. The third-order valence-corrected chi connectivity index (χ3v) is 3.06. The van der Waals surface area contributed by atoms with Crippen LogP contribution in [0.15, 0.2) is 60.8 Å². The first-order chi connectivity index (χ1) is 10.8. The van der Waals surface area contributed by atoms with Crippen molar-refractivity contribution in [1.29, 1.82) is 0 Å². The molecule has 0 aliphatic carbocycles. The van der Waals surface area contributed by atoms with Gasteiger partial charge in [-0.25, -0.2) is 4.98 Å². The fourth-order valence-electron chi connectivity index (χ4n) is 2.05. The minimum Gasteiger partial charge on any atom is -0.364 e. The van der Waals surface area contributed by atoms with E-state index >= 15 is 0 Å². The first-order valence-electron chi connectivity index (χ1n) is 7.11. The van der Waals surface area contributed by atoms with Crippen molar-refractivity contribution < 1.29 is 0 Å². The van der Waals surface area contributed by atoms with Crippen molar-refractivity contribution in [3.8, 4) is 0 Å². The quantitative estimate of drug-likeness (QED) is 0.753. The maximum absolute atomic E-state index is 4.48. The van der Waals surface area contributed by atoms with Gasteiger partial charge in [-0.15, -0.1) is 0 Å². The summed E-state index contributed by atoms with van der Waals surface area (Å²) in [6, 6.07) is 17.6. The van der Waals surface area contributed by atoms with Gasteiger partial charge >= 0.3 is 0 Å². The molecule has 2 N–H and O–H groups in total. The molecule has 22 heavy (non-hydrogen) atoms. The molecule has 0 aliphatic heterocycles. The number of benzene rings is 1. The number of aryl methyl sites for hydroxylation is 1. The highest BCUT2D eigenvalue weighted by molar-refractivity contribution is 5.54. The van der Waals surface area contributed by atoms with E-state index < -0.39 is 0 Å². The van der Waals surface area contributed by atoms with Gasteiger partial charge in [-0.1, -0.05) is 24.3 Å². The van der Waals surface area contributed by atoms with Gasteiger partial charge in [0.2, 0.25) is 5.95 Å². The van der Waals surface area contributed by atoms with Crippen LogP contribution in [0.4, 0.5) is 17.5 Å². The normalized spacial score (nSPS) is 10.2. The number of anilines is 3. The molecule has 2 aromatic heterocycles. The lowest BCUT2D eigenvalue weighted by Crippen LogP contribution is -2.06. The molecule has 0 fully saturated rings. The molecule has 3 rings (SSSR count). The Hall–Kier alpha value is -2.95. The molecule has 0 spiro atoms. The van der Waals surface area contributed by atoms with Crippen molar-refractivity contribution in [2.45, 2.75) is 13.5 Å². The zero-order chi connectivity index (χ0) is 15.2. The zero-order valence-corrected chi connectivity index (χ0v) is 12.3. The molecule has 5 heteroatoms. The van der Waals surface area contributed by atoms with Crippen molar-refractivity contribution in [3.63, 3.8) is 0 Å². The monoisotopic (exact) mass is 291 g/mol. The van der Waals surface area contributed by atoms with Gasteiger partial charge in [0, 0.05) is 23.6 Å². The average molecular weight is 291 g/mol. The molecular formula is C17H17N5. The molecule has 0 saturated heterocycles. The summed E-state index contributed by atoms with van der Waals surface area (Å²) < 4.78 is 0. The number of aromatic nitrogens is 3. The molecule has 0 amide bonds. The highest BCUT2D eigenvalue weighted by atomic mass is 15.1. The fourth-order valence-corrected chi connectivity index (χ4v) is 2.05. The van der Waals surface area contributed by atoms with Crippen molar-refractivity contribution in [2.75, 3.05) is 10.6 Å². The number of nitrogens with zero attached hydrogens (tertiary/aromatic N) is 3. The molecular weight excluding hydrogens is 274 g/mol. The lowest BCUT2D eigenvalue weighted by Gasteiger charge is -2.09. The molecule has 0 radical (unpaired) electrons. The van der Waals surface area contributed by atoms with E-state index in [2.05, 4.69) is 25.6 Å². The number of hydrogen-bond donors (Lipinski definition) is 2. The van der Waals surface area contributed by atoms with Gasteiger partial charge in [-0.2, -0.15) is 4.98 Å². The van der Waals surface area contributed by atoms with E-state index in [0.29, 0.717) is 12.5 Å².